The zero-order chi connectivity index (χ0) is 18.3. The van der Waals surface area contributed by atoms with Crippen molar-refractivity contribution in [1.82, 2.24) is 4.90 Å². The highest BCUT2D eigenvalue weighted by molar-refractivity contribution is 5.76. The van der Waals surface area contributed by atoms with Crippen molar-refractivity contribution in [3.63, 3.8) is 0 Å². The highest BCUT2D eigenvalue weighted by Crippen LogP contribution is 2.57. The van der Waals surface area contributed by atoms with Crippen LogP contribution in [0.25, 0.3) is 0 Å². The monoisotopic (exact) mass is 341 g/mol. The van der Waals surface area contributed by atoms with Crippen molar-refractivity contribution in [3.8, 4) is 0 Å². The molecule has 138 valence electrons. The van der Waals surface area contributed by atoms with E-state index in [0.717, 1.165) is 12.8 Å². The van der Waals surface area contributed by atoms with E-state index in [1.54, 1.807) is 4.90 Å². The van der Waals surface area contributed by atoms with Crippen molar-refractivity contribution >= 4 is 12.1 Å². The molecule has 2 aliphatic rings. The molecule has 1 N–H and O–H groups in total. The van der Waals surface area contributed by atoms with Gasteiger partial charge in [-0.1, -0.05) is 13.8 Å². The minimum Gasteiger partial charge on any atom is -0.467 e. The van der Waals surface area contributed by atoms with Crippen LogP contribution in [0.4, 0.5) is 4.79 Å². The third kappa shape index (κ3) is 3.85. The van der Waals surface area contributed by atoms with Crippen LogP contribution in [0.5, 0.6) is 0 Å². The van der Waals surface area contributed by atoms with Crippen LogP contribution >= 0.6 is 0 Å². The van der Waals surface area contributed by atoms with Crippen molar-refractivity contribution in [2.24, 2.45) is 10.8 Å². The summed E-state index contributed by atoms with van der Waals surface area (Å²) in [7, 11) is 1.28. The molecule has 6 nitrogen and oxygen atoms in total. The second kappa shape index (κ2) is 6.21. The van der Waals surface area contributed by atoms with E-state index >= 15 is 0 Å². The van der Waals surface area contributed by atoms with Gasteiger partial charge in [0.1, 0.15) is 5.60 Å². The molecule has 1 amide bonds. The molecule has 0 bridgehead atoms. The van der Waals surface area contributed by atoms with Crippen molar-refractivity contribution in [3.05, 3.63) is 0 Å². The summed E-state index contributed by atoms with van der Waals surface area (Å²) in [6.07, 6.45) is 1.55. The maximum Gasteiger partial charge on any atom is 0.410 e. The van der Waals surface area contributed by atoms with Crippen molar-refractivity contribution in [1.29, 1.82) is 0 Å². The molecule has 1 saturated carbocycles. The van der Waals surface area contributed by atoms with Crippen LogP contribution in [0.3, 0.4) is 0 Å². The van der Waals surface area contributed by atoms with E-state index in [2.05, 4.69) is 13.8 Å². The summed E-state index contributed by atoms with van der Waals surface area (Å²) in [5.41, 5.74) is -1.19. The number of aliphatic hydroxyl groups excluding tert-OH is 1. The second-order valence-corrected chi connectivity index (χ2v) is 8.99. The molecule has 2 atom stereocenters. The highest BCUT2D eigenvalue weighted by Gasteiger charge is 2.61. The van der Waals surface area contributed by atoms with Crippen molar-refractivity contribution in [2.75, 3.05) is 13.7 Å². The number of methoxy groups -OCH3 is 1. The number of nitrogens with zero attached hydrogens (tertiary/aromatic N) is 1. The summed E-state index contributed by atoms with van der Waals surface area (Å²) in [6.45, 7) is 10.3. The molecule has 0 aromatic heterocycles. The summed E-state index contributed by atoms with van der Waals surface area (Å²) < 4.78 is 10.3. The van der Waals surface area contributed by atoms with Crippen LogP contribution < -0.4 is 0 Å². The first-order chi connectivity index (χ1) is 10.9. The Morgan fingerprint density at radius 1 is 1.21 bits per heavy atom. The summed E-state index contributed by atoms with van der Waals surface area (Å²) in [6, 6.07) is -0.200. The molecular weight excluding hydrogens is 310 g/mol. The van der Waals surface area contributed by atoms with Crippen molar-refractivity contribution in [2.45, 2.75) is 78.0 Å². The van der Waals surface area contributed by atoms with Crippen molar-refractivity contribution < 1.29 is 24.2 Å². The lowest BCUT2D eigenvalue weighted by molar-refractivity contribution is -0.157. The van der Waals surface area contributed by atoms with Gasteiger partial charge in [0.2, 0.25) is 0 Å². The summed E-state index contributed by atoms with van der Waals surface area (Å²) in [4.78, 5) is 26.4. The quantitative estimate of drug-likeness (QED) is 0.799. The van der Waals surface area contributed by atoms with E-state index in [4.69, 9.17) is 9.47 Å². The van der Waals surface area contributed by atoms with E-state index in [1.807, 2.05) is 20.8 Å². The fraction of sp³-hybridized carbons (Fsp3) is 0.889. The molecule has 6 heteroatoms. The van der Waals surface area contributed by atoms with Crippen LogP contribution in [-0.4, -0.2) is 53.5 Å². The minimum absolute atomic E-state index is 0.0142. The van der Waals surface area contributed by atoms with Gasteiger partial charge in [0.05, 0.1) is 7.11 Å². The smallest absolute Gasteiger partial charge is 0.410 e. The summed E-state index contributed by atoms with van der Waals surface area (Å²) in [5, 5.41) is 10.5. The number of rotatable bonds is 3. The molecule has 1 saturated heterocycles. The third-order valence-electron chi connectivity index (χ3n) is 5.16. The zero-order valence-electron chi connectivity index (χ0n) is 15.7. The molecule has 2 unspecified atom stereocenters. The molecule has 2 fully saturated rings. The van der Waals surface area contributed by atoms with Gasteiger partial charge in [-0.05, 0) is 51.9 Å². The number of carbonyl (C=O) groups excluding carboxylic acids is 2. The van der Waals surface area contributed by atoms with E-state index in [0.29, 0.717) is 19.4 Å². The molecule has 1 heterocycles. The van der Waals surface area contributed by atoms with Gasteiger partial charge in [-0.3, -0.25) is 0 Å². The van der Waals surface area contributed by atoms with Gasteiger partial charge in [0.25, 0.3) is 0 Å². The van der Waals surface area contributed by atoms with Gasteiger partial charge in [-0.15, -0.1) is 0 Å². The molecule has 1 aliphatic carbocycles. The van der Waals surface area contributed by atoms with E-state index in [9.17, 15) is 14.7 Å². The predicted octanol–water partition coefficient (Wildman–Crippen LogP) is 2.73. The number of aliphatic hydroxyl groups is 1. The molecule has 24 heavy (non-hydrogen) atoms. The molecule has 0 spiro atoms. The van der Waals surface area contributed by atoms with Gasteiger partial charge in [-0.25, -0.2) is 9.59 Å². The Labute approximate surface area is 144 Å². The van der Waals surface area contributed by atoms with E-state index < -0.39 is 23.1 Å². The minimum atomic E-state index is -1.20. The maximum atomic E-state index is 12.8. The number of esters is 1. The summed E-state index contributed by atoms with van der Waals surface area (Å²) in [5.74, 6) is -0.624. The SMILES string of the molecule is COC(=O)C(O)C1(C2CCC(C)(C)CN2C(=O)OC(C)(C)C)CC1. The number of amides is 1. The zero-order valence-corrected chi connectivity index (χ0v) is 15.7. The number of piperidine rings is 1. The van der Waals surface area contributed by atoms with Gasteiger partial charge in [0.15, 0.2) is 6.10 Å². The van der Waals surface area contributed by atoms with Crippen LogP contribution in [0.15, 0.2) is 0 Å². The second-order valence-electron chi connectivity index (χ2n) is 8.99. The van der Waals surface area contributed by atoms with E-state index in [-0.39, 0.29) is 17.6 Å². The number of ether oxygens (including phenoxy) is 2. The van der Waals surface area contributed by atoms with E-state index in [1.165, 1.54) is 7.11 Å². The van der Waals surface area contributed by atoms with Gasteiger partial charge >= 0.3 is 12.1 Å². The fourth-order valence-electron chi connectivity index (χ4n) is 3.72. The Morgan fingerprint density at radius 2 is 1.79 bits per heavy atom. The fourth-order valence-corrected chi connectivity index (χ4v) is 3.72. The Hall–Kier alpha value is -1.30. The molecule has 0 radical (unpaired) electrons. The standard InChI is InChI=1S/C18H31NO5/c1-16(2,3)24-15(22)19-11-17(4,5)8-7-12(19)18(9-10-18)13(20)14(21)23-6/h12-13,20H,7-11H2,1-6H3. The Morgan fingerprint density at radius 3 is 2.25 bits per heavy atom. The molecule has 0 aromatic rings. The average molecular weight is 341 g/mol. The van der Waals surface area contributed by atoms with Crippen LogP contribution in [-0.2, 0) is 14.3 Å². The Balaban J connectivity index is 2.26. The lowest BCUT2D eigenvalue weighted by Crippen LogP contribution is -2.57. The Bertz CT molecular complexity index is 504. The number of carbonyl (C=O) groups is 2. The number of likely N-dealkylation sites (tertiary alicyclic amines) is 1. The molecule has 1 aliphatic heterocycles. The highest BCUT2D eigenvalue weighted by atomic mass is 16.6. The van der Waals surface area contributed by atoms with Gasteiger partial charge in [0, 0.05) is 18.0 Å². The van der Waals surface area contributed by atoms with Gasteiger partial charge in [-0.2, -0.15) is 0 Å². The lowest BCUT2D eigenvalue weighted by Gasteiger charge is -2.47. The number of hydrogen-bond acceptors (Lipinski definition) is 5. The third-order valence-corrected chi connectivity index (χ3v) is 5.16. The molecule has 0 aromatic carbocycles. The largest absolute Gasteiger partial charge is 0.467 e. The van der Waals surface area contributed by atoms with Gasteiger partial charge < -0.3 is 19.5 Å². The first-order valence-corrected chi connectivity index (χ1v) is 8.67. The topological polar surface area (TPSA) is 76.1 Å². The number of hydrogen-bond donors (Lipinski definition) is 1. The van der Waals surface area contributed by atoms with Crippen LogP contribution in [0, 0.1) is 10.8 Å². The average Bonchev–Trinajstić information content (AvgIpc) is 3.24. The normalized spacial score (nSPS) is 26.5. The summed E-state index contributed by atoms with van der Waals surface area (Å²) >= 11 is 0. The Kier molecular flexibility index (Phi) is 4.92. The van der Waals surface area contributed by atoms with Crippen LogP contribution in [0.2, 0.25) is 0 Å². The predicted molar refractivity (Wildman–Crippen MR) is 89.4 cm³/mol. The van der Waals surface area contributed by atoms with Crippen LogP contribution in [0.1, 0.15) is 60.3 Å². The maximum absolute atomic E-state index is 12.8. The molecular formula is C18H31NO5. The lowest BCUT2D eigenvalue weighted by atomic mass is 9.75. The first kappa shape index (κ1) is 19.0. The first-order valence-electron chi connectivity index (χ1n) is 8.67. The molecule has 2 rings (SSSR count).